The number of rotatable bonds is 8. The molecule has 0 spiro atoms. The van der Waals surface area contributed by atoms with Gasteiger partial charge in [-0.15, -0.1) is 0 Å². The van der Waals surface area contributed by atoms with E-state index in [1.54, 1.807) is 0 Å². The molecule has 1 aromatic carbocycles. The molecule has 3 atom stereocenters. The van der Waals surface area contributed by atoms with Crippen LogP contribution in [0, 0.1) is 0 Å². The quantitative estimate of drug-likeness (QED) is 0.750. The summed E-state index contributed by atoms with van der Waals surface area (Å²) in [5.41, 5.74) is 2.55. The van der Waals surface area contributed by atoms with Gasteiger partial charge in [0.15, 0.2) is 0 Å². The molecule has 26 heavy (non-hydrogen) atoms. The Kier molecular flexibility index (Phi) is 6.55. The van der Waals surface area contributed by atoms with Crippen LogP contribution in [0.15, 0.2) is 36.5 Å². The number of carboxylic acids is 1. The van der Waals surface area contributed by atoms with Crippen LogP contribution in [0.4, 0.5) is 0 Å². The van der Waals surface area contributed by atoms with Crippen molar-refractivity contribution in [2.24, 2.45) is 0 Å². The normalized spacial score (nSPS) is 14.5. The summed E-state index contributed by atoms with van der Waals surface area (Å²) in [4.78, 5) is 23.5. The van der Waals surface area contributed by atoms with Crippen molar-refractivity contribution in [2.75, 3.05) is 0 Å². The van der Waals surface area contributed by atoms with Crippen molar-refractivity contribution >= 4 is 11.9 Å². The van der Waals surface area contributed by atoms with E-state index in [0.717, 1.165) is 18.4 Å². The van der Waals surface area contributed by atoms with Gasteiger partial charge >= 0.3 is 5.97 Å². The summed E-state index contributed by atoms with van der Waals surface area (Å²) < 4.78 is 1.28. The van der Waals surface area contributed by atoms with Gasteiger partial charge in [0.25, 0.3) is 5.91 Å². The summed E-state index contributed by atoms with van der Waals surface area (Å²) in [7, 11) is 0. The third-order valence-corrected chi connectivity index (χ3v) is 4.83. The maximum atomic E-state index is 12.5. The molecule has 140 valence electrons. The number of nitrogens with zero attached hydrogens (tertiary/aromatic N) is 2. The number of benzene rings is 1. The van der Waals surface area contributed by atoms with E-state index in [-0.39, 0.29) is 17.6 Å². The first-order valence-electron chi connectivity index (χ1n) is 9.06. The van der Waals surface area contributed by atoms with Crippen molar-refractivity contribution in [2.45, 2.75) is 58.5 Å². The van der Waals surface area contributed by atoms with E-state index in [1.165, 1.54) is 29.4 Å². The molecule has 0 aliphatic rings. The van der Waals surface area contributed by atoms with Gasteiger partial charge in [0.2, 0.25) is 0 Å². The average Bonchev–Trinajstić information content (AvgIpc) is 3.14. The number of hydrogen-bond donors (Lipinski definition) is 2. The van der Waals surface area contributed by atoms with Crippen molar-refractivity contribution < 1.29 is 14.7 Å². The number of nitrogens with one attached hydrogen (secondary N) is 1. The number of aliphatic carboxylic acids is 1. The van der Waals surface area contributed by atoms with Crippen LogP contribution in [0.1, 0.15) is 80.2 Å². The number of carbonyl (C=O) groups excluding carboxylic acids is 1. The third kappa shape index (κ3) is 4.50. The Morgan fingerprint density at radius 3 is 2.23 bits per heavy atom. The Morgan fingerprint density at radius 2 is 1.69 bits per heavy atom. The topological polar surface area (TPSA) is 84.2 Å². The predicted octanol–water partition coefficient (Wildman–Crippen LogP) is 3.92. The van der Waals surface area contributed by atoms with Crippen LogP contribution in [0.3, 0.4) is 0 Å². The van der Waals surface area contributed by atoms with E-state index in [9.17, 15) is 9.59 Å². The second kappa shape index (κ2) is 8.65. The molecular weight excluding hydrogens is 330 g/mol. The van der Waals surface area contributed by atoms with Crippen molar-refractivity contribution in [3.05, 3.63) is 53.3 Å². The fourth-order valence-corrected chi connectivity index (χ4v) is 2.73. The molecule has 0 saturated heterocycles. The van der Waals surface area contributed by atoms with Gasteiger partial charge in [0, 0.05) is 6.20 Å². The van der Waals surface area contributed by atoms with Crippen LogP contribution in [-0.4, -0.2) is 26.8 Å². The van der Waals surface area contributed by atoms with Crippen molar-refractivity contribution in [3.63, 3.8) is 0 Å². The van der Waals surface area contributed by atoms with E-state index in [0.29, 0.717) is 5.92 Å². The van der Waals surface area contributed by atoms with Gasteiger partial charge in [-0.1, -0.05) is 45.0 Å². The van der Waals surface area contributed by atoms with Crippen molar-refractivity contribution in [3.8, 4) is 0 Å². The number of hydrogen-bond acceptors (Lipinski definition) is 3. The SMILES string of the molecule is CCC(C)c1ccc(C(CC)NC(=O)c2ccn(C(C)C(=O)O)n2)cc1. The Balaban J connectivity index is 2.09. The molecule has 0 aliphatic carbocycles. The molecule has 2 rings (SSSR count). The summed E-state index contributed by atoms with van der Waals surface area (Å²) in [6.07, 6.45) is 3.35. The smallest absolute Gasteiger partial charge is 0.328 e. The minimum atomic E-state index is -0.993. The summed E-state index contributed by atoms with van der Waals surface area (Å²) in [6, 6.07) is 8.95. The molecule has 0 fully saturated rings. The highest BCUT2D eigenvalue weighted by Crippen LogP contribution is 2.23. The van der Waals surface area contributed by atoms with E-state index < -0.39 is 12.0 Å². The van der Waals surface area contributed by atoms with Gasteiger partial charge in [-0.05, 0) is 42.9 Å². The first-order valence-corrected chi connectivity index (χ1v) is 9.06. The van der Waals surface area contributed by atoms with Gasteiger partial charge in [-0.25, -0.2) is 4.79 Å². The van der Waals surface area contributed by atoms with Crippen molar-refractivity contribution in [1.82, 2.24) is 15.1 Å². The highest BCUT2D eigenvalue weighted by molar-refractivity contribution is 5.92. The lowest BCUT2D eigenvalue weighted by Gasteiger charge is -2.18. The van der Waals surface area contributed by atoms with E-state index in [2.05, 4.69) is 48.5 Å². The van der Waals surface area contributed by atoms with Crippen LogP contribution >= 0.6 is 0 Å². The maximum Gasteiger partial charge on any atom is 0.328 e. The van der Waals surface area contributed by atoms with E-state index >= 15 is 0 Å². The zero-order valence-electron chi connectivity index (χ0n) is 15.8. The number of carboxylic acid groups (broad SMARTS) is 1. The van der Waals surface area contributed by atoms with Crippen LogP contribution < -0.4 is 5.32 Å². The number of aromatic nitrogens is 2. The molecule has 2 N–H and O–H groups in total. The zero-order valence-corrected chi connectivity index (χ0v) is 15.8. The van der Waals surface area contributed by atoms with E-state index in [4.69, 9.17) is 5.11 Å². The monoisotopic (exact) mass is 357 g/mol. The highest BCUT2D eigenvalue weighted by Gasteiger charge is 2.19. The van der Waals surface area contributed by atoms with Crippen LogP contribution in [0.2, 0.25) is 0 Å². The zero-order chi connectivity index (χ0) is 19.3. The summed E-state index contributed by atoms with van der Waals surface area (Å²) >= 11 is 0. The molecule has 0 bridgehead atoms. The first-order chi connectivity index (χ1) is 12.4. The third-order valence-electron chi connectivity index (χ3n) is 4.83. The molecule has 0 saturated carbocycles. The Hall–Kier alpha value is -2.63. The molecular formula is C20H27N3O3. The van der Waals surface area contributed by atoms with E-state index in [1.807, 2.05) is 6.92 Å². The fourth-order valence-electron chi connectivity index (χ4n) is 2.73. The second-order valence-electron chi connectivity index (χ2n) is 6.61. The minimum Gasteiger partial charge on any atom is -0.480 e. The van der Waals surface area contributed by atoms with Gasteiger partial charge < -0.3 is 10.4 Å². The van der Waals surface area contributed by atoms with Gasteiger partial charge in [0.1, 0.15) is 11.7 Å². The van der Waals surface area contributed by atoms with Gasteiger partial charge in [0.05, 0.1) is 6.04 Å². The molecule has 1 aromatic heterocycles. The van der Waals surface area contributed by atoms with Crippen LogP contribution in [0.25, 0.3) is 0 Å². The molecule has 3 unspecified atom stereocenters. The lowest BCUT2D eigenvalue weighted by atomic mass is 9.95. The Morgan fingerprint density at radius 1 is 1.08 bits per heavy atom. The molecule has 2 aromatic rings. The molecule has 6 nitrogen and oxygen atoms in total. The lowest BCUT2D eigenvalue weighted by molar-refractivity contribution is -0.140. The Bertz CT molecular complexity index is 752. The number of carbonyl (C=O) groups is 2. The van der Waals surface area contributed by atoms with Crippen LogP contribution in [-0.2, 0) is 4.79 Å². The lowest BCUT2D eigenvalue weighted by Crippen LogP contribution is -2.29. The number of amides is 1. The summed E-state index contributed by atoms with van der Waals surface area (Å²) in [6.45, 7) is 7.89. The predicted molar refractivity (Wildman–Crippen MR) is 100 cm³/mol. The molecule has 6 heteroatoms. The fraction of sp³-hybridized carbons (Fsp3) is 0.450. The minimum absolute atomic E-state index is 0.115. The first kappa shape index (κ1) is 19.7. The largest absolute Gasteiger partial charge is 0.480 e. The van der Waals surface area contributed by atoms with Crippen LogP contribution in [0.5, 0.6) is 0 Å². The molecule has 0 aliphatic heterocycles. The summed E-state index contributed by atoms with van der Waals surface area (Å²) in [5.74, 6) is -0.786. The van der Waals surface area contributed by atoms with Crippen molar-refractivity contribution in [1.29, 1.82) is 0 Å². The summed E-state index contributed by atoms with van der Waals surface area (Å²) in [5, 5.41) is 16.1. The Labute approximate surface area is 154 Å². The van der Waals surface area contributed by atoms with Gasteiger partial charge in [-0.2, -0.15) is 5.10 Å². The molecule has 1 heterocycles. The van der Waals surface area contributed by atoms with Gasteiger partial charge in [-0.3, -0.25) is 9.48 Å². The molecule has 0 radical (unpaired) electrons. The maximum absolute atomic E-state index is 12.5. The highest BCUT2D eigenvalue weighted by atomic mass is 16.4. The standard InChI is InChI=1S/C20H27N3O3/c1-5-13(3)15-7-9-16(10-8-15)17(6-2)21-19(24)18-11-12-23(22-18)14(4)20(25)26/h7-14,17H,5-6H2,1-4H3,(H,21,24)(H,25,26). The average molecular weight is 357 g/mol. The second-order valence-corrected chi connectivity index (χ2v) is 6.61. The molecule has 1 amide bonds.